The highest BCUT2D eigenvalue weighted by molar-refractivity contribution is 5.63. The standard InChI is InChI=1S/C12H14N4O/c1-16-11(8-14-15-16)17-10-6-2-4-9-5-3-7-13-12(9)10/h2,4,6,8,13H,3,5,7H2,1H3. The van der Waals surface area contributed by atoms with E-state index in [-0.39, 0.29) is 0 Å². The molecule has 0 saturated heterocycles. The lowest BCUT2D eigenvalue weighted by atomic mass is 10.0. The van der Waals surface area contributed by atoms with Crippen molar-refractivity contribution < 1.29 is 4.74 Å². The average molecular weight is 230 g/mol. The van der Waals surface area contributed by atoms with Crippen molar-refractivity contribution in [2.45, 2.75) is 12.8 Å². The van der Waals surface area contributed by atoms with Crippen LogP contribution in [0.15, 0.2) is 24.4 Å². The zero-order valence-electron chi connectivity index (χ0n) is 9.68. The van der Waals surface area contributed by atoms with E-state index in [0.29, 0.717) is 5.88 Å². The van der Waals surface area contributed by atoms with Crippen LogP contribution >= 0.6 is 0 Å². The van der Waals surface area contributed by atoms with Crippen molar-refractivity contribution >= 4 is 5.69 Å². The van der Waals surface area contributed by atoms with Crippen molar-refractivity contribution in [2.75, 3.05) is 11.9 Å². The average Bonchev–Trinajstić information content (AvgIpc) is 2.76. The third-order valence-corrected chi connectivity index (χ3v) is 2.92. The van der Waals surface area contributed by atoms with Crippen LogP contribution in [-0.4, -0.2) is 21.5 Å². The summed E-state index contributed by atoms with van der Waals surface area (Å²) in [5.41, 5.74) is 2.41. The van der Waals surface area contributed by atoms with Crippen LogP contribution in [0.1, 0.15) is 12.0 Å². The summed E-state index contributed by atoms with van der Waals surface area (Å²) in [7, 11) is 1.81. The Morgan fingerprint density at radius 1 is 1.41 bits per heavy atom. The molecule has 17 heavy (non-hydrogen) atoms. The predicted octanol–water partition coefficient (Wildman–Crippen LogP) is 1.97. The molecule has 88 valence electrons. The smallest absolute Gasteiger partial charge is 0.237 e. The second-order valence-corrected chi connectivity index (χ2v) is 4.12. The molecule has 3 rings (SSSR count). The maximum absolute atomic E-state index is 5.82. The van der Waals surface area contributed by atoms with Crippen molar-refractivity contribution in [1.82, 2.24) is 15.0 Å². The number of nitrogens with zero attached hydrogens (tertiary/aromatic N) is 3. The van der Waals surface area contributed by atoms with Crippen LogP contribution in [0.2, 0.25) is 0 Å². The Labute approximate surface area is 99.4 Å². The van der Waals surface area contributed by atoms with E-state index in [4.69, 9.17) is 4.74 Å². The molecule has 1 aliphatic rings. The fourth-order valence-corrected chi connectivity index (χ4v) is 2.05. The summed E-state index contributed by atoms with van der Waals surface area (Å²) < 4.78 is 7.44. The highest BCUT2D eigenvalue weighted by Gasteiger charge is 2.14. The molecule has 1 aromatic heterocycles. The molecule has 1 aromatic carbocycles. The number of ether oxygens (including phenoxy) is 1. The van der Waals surface area contributed by atoms with E-state index in [1.165, 1.54) is 12.0 Å². The van der Waals surface area contributed by atoms with Crippen molar-refractivity contribution in [3.63, 3.8) is 0 Å². The first-order valence-corrected chi connectivity index (χ1v) is 5.73. The van der Waals surface area contributed by atoms with Crippen molar-refractivity contribution in [1.29, 1.82) is 0 Å². The van der Waals surface area contributed by atoms with Crippen molar-refractivity contribution in [3.05, 3.63) is 30.0 Å². The number of nitrogens with one attached hydrogen (secondary N) is 1. The molecule has 0 fully saturated rings. The highest BCUT2D eigenvalue weighted by Crippen LogP contribution is 2.34. The number of para-hydroxylation sites is 1. The summed E-state index contributed by atoms with van der Waals surface area (Å²) in [4.78, 5) is 0. The van der Waals surface area contributed by atoms with Crippen molar-refractivity contribution in [2.24, 2.45) is 7.05 Å². The fourth-order valence-electron chi connectivity index (χ4n) is 2.05. The van der Waals surface area contributed by atoms with Gasteiger partial charge in [-0.05, 0) is 24.5 Å². The molecule has 0 aliphatic carbocycles. The van der Waals surface area contributed by atoms with E-state index < -0.39 is 0 Å². The molecule has 2 aromatic rings. The number of aromatic nitrogens is 3. The van der Waals surface area contributed by atoms with Gasteiger partial charge in [-0.15, -0.1) is 5.10 Å². The molecule has 0 bridgehead atoms. The third kappa shape index (κ3) is 1.84. The van der Waals surface area contributed by atoms with Gasteiger partial charge in [0.25, 0.3) is 0 Å². The maximum atomic E-state index is 5.82. The van der Waals surface area contributed by atoms with Gasteiger partial charge in [-0.1, -0.05) is 17.3 Å². The van der Waals surface area contributed by atoms with Gasteiger partial charge in [0.05, 0.1) is 5.69 Å². The first-order valence-electron chi connectivity index (χ1n) is 5.73. The lowest BCUT2D eigenvalue weighted by Crippen LogP contribution is -2.12. The number of fused-ring (bicyclic) bond motifs is 1. The Balaban J connectivity index is 1.95. The molecule has 5 nitrogen and oxygen atoms in total. The van der Waals surface area contributed by atoms with Crippen LogP contribution in [-0.2, 0) is 13.5 Å². The van der Waals surface area contributed by atoms with Gasteiger partial charge in [0, 0.05) is 13.6 Å². The number of aryl methyl sites for hydroxylation is 2. The third-order valence-electron chi connectivity index (χ3n) is 2.92. The number of hydrogen-bond acceptors (Lipinski definition) is 4. The monoisotopic (exact) mass is 230 g/mol. The van der Waals surface area contributed by atoms with E-state index in [1.807, 2.05) is 19.2 Å². The van der Waals surface area contributed by atoms with Gasteiger partial charge in [0.2, 0.25) is 5.88 Å². The summed E-state index contributed by atoms with van der Waals surface area (Å²) in [5.74, 6) is 1.48. The Morgan fingerprint density at radius 3 is 3.18 bits per heavy atom. The molecular weight excluding hydrogens is 216 g/mol. The Morgan fingerprint density at radius 2 is 2.35 bits per heavy atom. The summed E-state index contributed by atoms with van der Waals surface area (Å²) in [5, 5.41) is 11.0. The summed E-state index contributed by atoms with van der Waals surface area (Å²) >= 11 is 0. The molecule has 0 saturated carbocycles. The van der Waals surface area contributed by atoms with Gasteiger partial charge in [0.15, 0.2) is 5.75 Å². The largest absolute Gasteiger partial charge is 0.435 e. The molecule has 5 heteroatoms. The fraction of sp³-hybridized carbons (Fsp3) is 0.333. The van der Waals surface area contributed by atoms with Crippen LogP contribution < -0.4 is 10.1 Å². The number of hydrogen-bond donors (Lipinski definition) is 1. The van der Waals surface area contributed by atoms with Crippen LogP contribution in [0, 0.1) is 0 Å². The molecule has 1 N–H and O–H groups in total. The molecule has 0 atom stereocenters. The summed E-state index contributed by atoms with van der Waals surface area (Å²) in [6, 6.07) is 6.12. The zero-order valence-corrected chi connectivity index (χ0v) is 9.68. The first kappa shape index (κ1) is 10.1. The Kier molecular flexibility index (Phi) is 2.44. The van der Waals surface area contributed by atoms with Crippen LogP contribution in [0.4, 0.5) is 5.69 Å². The SMILES string of the molecule is Cn1nncc1Oc1cccc2c1NCCC2. The number of rotatable bonds is 2. The zero-order chi connectivity index (χ0) is 11.7. The minimum atomic E-state index is 0.644. The van der Waals surface area contributed by atoms with Crippen LogP contribution in [0.3, 0.4) is 0 Å². The van der Waals surface area contributed by atoms with Crippen LogP contribution in [0.5, 0.6) is 11.6 Å². The molecule has 2 heterocycles. The molecule has 0 radical (unpaired) electrons. The molecule has 0 amide bonds. The summed E-state index contributed by atoms with van der Waals surface area (Å²) in [6.07, 6.45) is 3.88. The predicted molar refractivity (Wildman–Crippen MR) is 64.3 cm³/mol. The Bertz CT molecular complexity index is 535. The molecule has 0 unspecified atom stereocenters. The normalized spacial score (nSPS) is 13.9. The second-order valence-electron chi connectivity index (χ2n) is 4.12. The summed E-state index contributed by atoms with van der Waals surface area (Å²) in [6.45, 7) is 0.997. The van der Waals surface area contributed by atoms with E-state index in [9.17, 15) is 0 Å². The Hall–Kier alpha value is -2.04. The quantitative estimate of drug-likeness (QED) is 0.857. The minimum absolute atomic E-state index is 0.644. The second kappa shape index (κ2) is 4.08. The van der Waals surface area contributed by atoms with Gasteiger partial charge in [0.1, 0.15) is 6.20 Å². The van der Waals surface area contributed by atoms with E-state index in [1.54, 1.807) is 10.9 Å². The molecule has 0 spiro atoms. The van der Waals surface area contributed by atoms with Crippen molar-refractivity contribution in [3.8, 4) is 11.6 Å². The number of benzene rings is 1. The topological polar surface area (TPSA) is 52.0 Å². The van der Waals surface area contributed by atoms with Gasteiger partial charge in [-0.2, -0.15) is 0 Å². The van der Waals surface area contributed by atoms with Gasteiger partial charge < -0.3 is 10.1 Å². The van der Waals surface area contributed by atoms with Gasteiger partial charge in [-0.25, -0.2) is 4.68 Å². The molecule has 1 aliphatic heterocycles. The maximum Gasteiger partial charge on any atom is 0.237 e. The number of anilines is 1. The molecular formula is C12H14N4O. The van der Waals surface area contributed by atoms with E-state index in [0.717, 1.165) is 24.4 Å². The van der Waals surface area contributed by atoms with E-state index in [2.05, 4.69) is 21.7 Å². The van der Waals surface area contributed by atoms with E-state index >= 15 is 0 Å². The lowest BCUT2D eigenvalue weighted by molar-refractivity contribution is 0.430. The minimum Gasteiger partial charge on any atom is -0.435 e. The first-order chi connectivity index (χ1) is 8.34. The van der Waals surface area contributed by atoms with Gasteiger partial charge >= 0.3 is 0 Å². The lowest BCUT2D eigenvalue weighted by Gasteiger charge is -2.20. The van der Waals surface area contributed by atoms with Gasteiger partial charge in [-0.3, -0.25) is 0 Å². The highest BCUT2D eigenvalue weighted by atomic mass is 16.5. The van der Waals surface area contributed by atoms with Crippen LogP contribution in [0.25, 0.3) is 0 Å².